The minimum absolute atomic E-state index is 0.0962. The summed E-state index contributed by atoms with van der Waals surface area (Å²) in [5.41, 5.74) is 6.49. The first-order valence-electron chi connectivity index (χ1n) is 7.06. The van der Waals surface area contributed by atoms with E-state index in [9.17, 15) is 4.39 Å². The van der Waals surface area contributed by atoms with Gasteiger partial charge in [0.25, 0.3) is 0 Å². The van der Waals surface area contributed by atoms with Gasteiger partial charge in [-0.25, -0.2) is 4.39 Å². The summed E-state index contributed by atoms with van der Waals surface area (Å²) in [6, 6.07) is 5.35. The number of rotatable bonds is 4. The van der Waals surface area contributed by atoms with Crippen molar-refractivity contribution in [2.75, 3.05) is 26.7 Å². The minimum Gasteiger partial charge on any atom is -0.384 e. The molecule has 0 spiro atoms. The van der Waals surface area contributed by atoms with Crippen LogP contribution in [-0.4, -0.2) is 48.4 Å². The molecule has 1 aromatic carbocycles. The molecule has 1 aliphatic rings. The van der Waals surface area contributed by atoms with Crippen molar-refractivity contribution in [3.05, 3.63) is 35.1 Å². The van der Waals surface area contributed by atoms with Crippen LogP contribution in [0.1, 0.15) is 24.5 Å². The van der Waals surface area contributed by atoms with Crippen LogP contribution >= 0.6 is 0 Å². The number of piperazine rings is 1. The standard InChI is InChI=1S/C15H23FN4/c1-3-13-10-20(7-6-19(13)2)9-12-5-4-11(15(17)18)8-14(12)16/h4-5,8,13H,3,6-7,9-10H2,1-2H3,(H3,17,18). The third-order valence-electron chi connectivity index (χ3n) is 4.09. The summed E-state index contributed by atoms with van der Waals surface area (Å²) in [5, 5.41) is 7.32. The third kappa shape index (κ3) is 3.35. The van der Waals surface area contributed by atoms with Crippen molar-refractivity contribution in [2.24, 2.45) is 5.73 Å². The van der Waals surface area contributed by atoms with Gasteiger partial charge < -0.3 is 10.6 Å². The highest BCUT2D eigenvalue weighted by Crippen LogP contribution is 2.17. The van der Waals surface area contributed by atoms with Gasteiger partial charge in [-0.3, -0.25) is 10.3 Å². The number of nitrogens with two attached hydrogens (primary N) is 1. The Morgan fingerprint density at radius 2 is 2.20 bits per heavy atom. The summed E-state index contributed by atoms with van der Waals surface area (Å²) >= 11 is 0. The monoisotopic (exact) mass is 278 g/mol. The number of hydrogen-bond donors (Lipinski definition) is 2. The number of nitrogens with one attached hydrogen (secondary N) is 1. The Labute approximate surface area is 119 Å². The third-order valence-corrected chi connectivity index (χ3v) is 4.09. The van der Waals surface area contributed by atoms with E-state index in [1.165, 1.54) is 6.07 Å². The van der Waals surface area contributed by atoms with Crippen LogP contribution in [0.3, 0.4) is 0 Å². The molecule has 110 valence electrons. The van der Waals surface area contributed by atoms with E-state index in [1.54, 1.807) is 12.1 Å². The number of nitrogens with zero attached hydrogens (tertiary/aromatic N) is 2. The molecule has 1 saturated heterocycles. The van der Waals surface area contributed by atoms with Crippen molar-refractivity contribution in [3.63, 3.8) is 0 Å². The fraction of sp³-hybridized carbons (Fsp3) is 0.533. The molecule has 1 atom stereocenters. The van der Waals surface area contributed by atoms with Crippen LogP contribution in [0.4, 0.5) is 4.39 Å². The van der Waals surface area contributed by atoms with Crippen molar-refractivity contribution in [1.82, 2.24) is 9.80 Å². The summed E-state index contributed by atoms with van der Waals surface area (Å²) < 4.78 is 14.0. The van der Waals surface area contributed by atoms with Crippen LogP contribution < -0.4 is 5.73 Å². The number of hydrogen-bond acceptors (Lipinski definition) is 3. The summed E-state index contributed by atoms with van der Waals surface area (Å²) in [6.45, 7) is 5.76. The molecule has 1 aliphatic heterocycles. The predicted octanol–water partition coefficient (Wildman–Crippen LogP) is 1.64. The molecular weight excluding hydrogens is 255 g/mol. The highest BCUT2D eigenvalue weighted by Gasteiger charge is 2.23. The van der Waals surface area contributed by atoms with Gasteiger partial charge in [0.1, 0.15) is 11.7 Å². The average Bonchev–Trinajstić information content (AvgIpc) is 2.42. The summed E-state index contributed by atoms with van der Waals surface area (Å²) in [4.78, 5) is 4.66. The molecule has 0 bridgehead atoms. The Morgan fingerprint density at radius 3 is 2.80 bits per heavy atom. The first-order chi connectivity index (χ1) is 9.51. The molecule has 1 unspecified atom stereocenters. The second-order valence-electron chi connectivity index (χ2n) is 5.50. The van der Waals surface area contributed by atoms with Gasteiger partial charge in [-0.1, -0.05) is 19.1 Å². The number of nitrogen functional groups attached to an aromatic ring is 1. The van der Waals surface area contributed by atoms with E-state index in [0.29, 0.717) is 23.7 Å². The van der Waals surface area contributed by atoms with Gasteiger partial charge in [-0.2, -0.15) is 0 Å². The van der Waals surface area contributed by atoms with E-state index in [4.69, 9.17) is 11.1 Å². The Hall–Kier alpha value is -1.46. The highest BCUT2D eigenvalue weighted by atomic mass is 19.1. The van der Waals surface area contributed by atoms with Gasteiger partial charge in [-0.05, 0) is 19.5 Å². The van der Waals surface area contributed by atoms with Crippen LogP contribution in [0.5, 0.6) is 0 Å². The molecule has 1 fully saturated rings. The van der Waals surface area contributed by atoms with Crippen molar-refractivity contribution in [2.45, 2.75) is 25.9 Å². The maximum atomic E-state index is 14.0. The first kappa shape index (κ1) is 14.9. The Bertz CT molecular complexity index is 489. The van der Waals surface area contributed by atoms with Crippen LogP contribution in [0.25, 0.3) is 0 Å². The van der Waals surface area contributed by atoms with Crippen molar-refractivity contribution in [1.29, 1.82) is 5.41 Å². The predicted molar refractivity (Wildman–Crippen MR) is 79.4 cm³/mol. The molecule has 4 nitrogen and oxygen atoms in total. The Morgan fingerprint density at radius 1 is 1.45 bits per heavy atom. The highest BCUT2D eigenvalue weighted by molar-refractivity contribution is 5.94. The van der Waals surface area contributed by atoms with E-state index in [0.717, 1.165) is 26.1 Å². The Balaban J connectivity index is 2.05. The van der Waals surface area contributed by atoms with Crippen LogP contribution in [0.2, 0.25) is 0 Å². The zero-order valence-corrected chi connectivity index (χ0v) is 12.2. The summed E-state index contributed by atoms with van der Waals surface area (Å²) in [6.07, 6.45) is 1.11. The summed E-state index contributed by atoms with van der Waals surface area (Å²) in [5.74, 6) is -0.370. The van der Waals surface area contributed by atoms with Gasteiger partial charge in [0, 0.05) is 43.3 Å². The number of likely N-dealkylation sites (N-methyl/N-ethyl adjacent to an activating group) is 1. The lowest BCUT2D eigenvalue weighted by atomic mass is 10.1. The lowest BCUT2D eigenvalue weighted by Crippen LogP contribution is -2.50. The molecule has 0 radical (unpaired) electrons. The number of amidine groups is 1. The second-order valence-corrected chi connectivity index (χ2v) is 5.50. The average molecular weight is 278 g/mol. The molecule has 0 amide bonds. The van der Waals surface area contributed by atoms with Crippen LogP contribution in [0, 0.1) is 11.2 Å². The molecule has 3 N–H and O–H groups in total. The van der Waals surface area contributed by atoms with Crippen molar-refractivity contribution < 1.29 is 4.39 Å². The van der Waals surface area contributed by atoms with Gasteiger partial charge in [0.05, 0.1) is 0 Å². The van der Waals surface area contributed by atoms with E-state index >= 15 is 0 Å². The molecule has 2 rings (SSSR count). The van der Waals surface area contributed by atoms with Gasteiger partial charge in [-0.15, -0.1) is 0 Å². The topological polar surface area (TPSA) is 56.4 Å². The molecule has 1 heterocycles. The maximum Gasteiger partial charge on any atom is 0.128 e. The molecule has 0 aliphatic carbocycles. The van der Waals surface area contributed by atoms with Crippen LogP contribution in [-0.2, 0) is 6.54 Å². The maximum absolute atomic E-state index is 14.0. The van der Waals surface area contributed by atoms with Gasteiger partial charge >= 0.3 is 0 Å². The van der Waals surface area contributed by atoms with E-state index in [1.807, 2.05) is 0 Å². The molecule has 5 heteroatoms. The molecule has 0 aromatic heterocycles. The van der Waals surface area contributed by atoms with E-state index in [-0.39, 0.29) is 11.7 Å². The Kier molecular flexibility index (Phi) is 4.73. The quantitative estimate of drug-likeness (QED) is 0.650. The fourth-order valence-electron chi connectivity index (χ4n) is 2.68. The largest absolute Gasteiger partial charge is 0.384 e. The van der Waals surface area contributed by atoms with Crippen molar-refractivity contribution in [3.8, 4) is 0 Å². The smallest absolute Gasteiger partial charge is 0.128 e. The lowest BCUT2D eigenvalue weighted by Gasteiger charge is -2.39. The zero-order chi connectivity index (χ0) is 14.7. The van der Waals surface area contributed by atoms with Gasteiger partial charge in [0.15, 0.2) is 0 Å². The number of halogens is 1. The normalized spacial score (nSPS) is 21.1. The van der Waals surface area contributed by atoms with Crippen molar-refractivity contribution >= 4 is 5.84 Å². The van der Waals surface area contributed by atoms with Crippen LogP contribution in [0.15, 0.2) is 18.2 Å². The van der Waals surface area contributed by atoms with E-state index in [2.05, 4.69) is 23.8 Å². The SMILES string of the molecule is CCC1CN(Cc2ccc(C(=N)N)cc2F)CCN1C. The lowest BCUT2D eigenvalue weighted by molar-refractivity contribution is 0.0876. The van der Waals surface area contributed by atoms with E-state index < -0.39 is 0 Å². The first-order valence-corrected chi connectivity index (χ1v) is 7.06. The fourth-order valence-corrected chi connectivity index (χ4v) is 2.68. The molecule has 0 saturated carbocycles. The minimum atomic E-state index is -0.273. The second kappa shape index (κ2) is 6.33. The molecular formula is C15H23FN4. The molecule has 20 heavy (non-hydrogen) atoms. The summed E-state index contributed by atoms with van der Waals surface area (Å²) in [7, 11) is 2.15. The zero-order valence-electron chi connectivity index (χ0n) is 12.2. The number of benzene rings is 1. The molecule has 1 aromatic rings. The van der Waals surface area contributed by atoms with Gasteiger partial charge in [0.2, 0.25) is 0 Å².